The Labute approximate surface area is 142 Å². The van der Waals surface area contributed by atoms with E-state index in [-0.39, 0.29) is 25.0 Å². The van der Waals surface area contributed by atoms with Crippen molar-refractivity contribution in [2.24, 2.45) is 5.92 Å². The summed E-state index contributed by atoms with van der Waals surface area (Å²) in [4.78, 5) is 25.4. The van der Waals surface area contributed by atoms with E-state index in [9.17, 15) is 9.59 Å². The molecule has 1 saturated heterocycles. The van der Waals surface area contributed by atoms with Gasteiger partial charge in [-0.05, 0) is 26.7 Å². The molecule has 0 aliphatic carbocycles. The van der Waals surface area contributed by atoms with E-state index in [1.165, 1.54) is 0 Å². The van der Waals surface area contributed by atoms with E-state index >= 15 is 0 Å². The van der Waals surface area contributed by atoms with Gasteiger partial charge in [0.25, 0.3) is 0 Å². The third-order valence-corrected chi connectivity index (χ3v) is 4.29. The smallest absolute Gasteiger partial charge is 0.334 e. The van der Waals surface area contributed by atoms with Crippen LogP contribution in [0.2, 0.25) is 0 Å². The Kier molecular flexibility index (Phi) is 5.64. The van der Waals surface area contributed by atoms with Crippen LogP contribution in [0.25, 0.3) is 0 Å². The fraction of sp³-hybridized carbons (Fsp3) is 0.706. The monoisotopic (exact) mass is 337 g/mol. The van der Waals surface area contributed by atoms with Gasteiger partial charge in [0.1, 0.15) is 0 Å². The highest BCUT2D eigenvalue weighted by Crippen LogP contribution is 2.18. The van der Waals surface area contributed by atoms with Gasteiger partial charge in [-0.2, -0.15) is 5.10 Å². The SMILES string of the molecule is Cc1nn(CC(C)C)c(C)c1CC(=O)N1CC(C(=O)O)O[C@H](C)C1. The maximum Gasteiger partial charge on any atom is 0.334 e. The van der Waals surface area contributed by atoms with Gasteiger partial charge in [-0.1, -0.05) is 13.8 Å². The zero-order chi connectivity index (χ0) is 18.0. The second kappa shape index (κ2) is 7.34. The van der Waals surface area contributed by atoms with Crippen LogP contribution in [0.15, 0.2) is 0 Å². The number of ether oxygens (including phenoxy) is 1. The average Bonchev–Trinajstić information content (AvgIpc) is 2.73. The molecule has 0 radical (unpaired) electrons. The van der Waals surface area contributed by atoms with Gasteiger partial charge in [0, 0.05) is 24.3 Å². The van der Waals surface area contributed by atoms with Crippen molar-refractivity contribution in [3.8, 4) is 0 Å². The number of aromatic nitrogens is 2. The molecule has 1 N–H and O–H groups in total. The minimum absolute atomic E-state index is 0.0771. The van der Waals surface area contributed by atoms with Gasteiger partial charge in [-0.25, -0.2) is 4.79 Å². The van der Waals surface area contributed by atoms with Crippen molar-refractivity contribution >= 4 is 11.9 Å². The fourth-order valence-electron chi connectivity index (χ4n) is 3.07. The fourth-order valence-corrected chi connectivity index (χ4v) is 3.07. The van der Waals surface area contributed by atoms with Crippen molar-refractivity contribution < 1.29 is 19.4 Å². The maximum absolute atomic E-state index is 12.7. The van der Waals surface area contributed by atoms with Gasteiger partial charge in [0.15, 0.2) is 6.10 Å². The third kappa shape index (κ3) is 4.14. The Morgan fingerprint density at radius 1 is 1.33 bits per heavy atom. The van der Waals surface area contributed by atoms with Crippen LogP contribution in [0.5, 0.6) is 0 Å². The second-order valence-electron chi connectivity index (χ2n) is 6.97. The standard InChI is InChI=1S/C17H27N3O4/c1-10(2)7-20-13(5)14(12(4)18-20)6-16(21)19-8-11(3)24-15(9-19)17(22)23/h10-11,15H,6-9H2,1-5H3,(H,22,23)/t11-,15?/m1/s1. The van der Waals surface area contributed by atoms with Gasteiger partial charge >= 0.3 is 5.97 Å². The summed E-state index contributed by atoms with van der Waals surface area (Å²) in [5, 5.41) is 13.7. The molecule has 1 unspecified atom stereocenters. The lowest BCUT2D eigenvalue weighted by Crippen LogP contribution is -2.52. The van der Waals surface area contributed by atoms with Crippen LogP contribution in [-0.4, -0.2) is 57.0 Å². The van der Waals surface area contributed by atoms with Crippen LogP contribution in [0.1, 0.15) is 37.7 Å². The molecule has 1 aromatic rings. The van der Waals surface area contributed by atoms with E-state index in [0.29, 0.717) is 12.5 Å². The summed E-state index contributed by atoms with van der Waals surface area (Å²) in [7, 11) is 0. The van der Waals surface area contributed by atoms with Crippen LogP contribution in [-0.2, 0) is 27.3 Å². The number of nitrogens with zero attached hydrogens (tertiary/aromatic N) is 3. The summed E-state index contributed by atoms with van der Waals surface area (Å²) >= 11 is 0. The van der Waals surface area contributed by atoms with Crippen LogP contribution in [0.4, 0.5) is 0 Å². The topological polar surface area (TPSA) is 84.7 Å². The summed E-state index contributed by atoms with van der Waals surface area (Å²) in [6, 6.07) is 0. The number of hydrogen-bond acceptors (Lipinski definition) is 4. The predicted molar refractivity (Wildman–Crippen MR) is 88.8 cm³/mol. The molecule has 2 heterocycles. The number of hydrogen-bond donors (Lipinski definition) is 1. The summed E-state index contributed by atoms with van der Waals surface area (Å²) < 4.78 is 7.31. The molecule has 0 bridgehead atoms. The first-order valence-corrected chi connectivity index (χ1v) is 8.38. The Morgan fingerprint density at radius 3 is 2.58 bits per heavy atom. The average molecular weight is 337 g/mol. The lowest BCUT2D eigenvalue weighted by atomic mass is 10.1. The molecular formula is C17H27N3O4. The number of rotatable bonds is 5. The van der Waals surface area contributed by atoms with Crippen LogP contribution in [0.3, 0.4) is 0 Å². The zero-order valence-electron chi connectivity index (χ0n) is 15.1. The minimum Gasteiger partial charge on any atom is -0.479 e. The predicted octanol–water partition coefficient (Wildman–Crippen LogP) is 1.40. The number of morpholine rings is 1. The third-order valence-electron chi connectivity index (χ3n) is 4.29. The highest BCUT2D eigenvalue weighted by atomic mass is 16.5. The number of aliphatic carboxylic acids is 1. The van der Waals surface area contributed by atoms with Crippen molar-refractivity contribution in [2.45, 2.75) is 59.8 Å². The maximum atomic E-state index is 12.7. The highest BCUT2D eigenvalue weighted by Gasteiger charge is 2.33. The number of carboxylic acid groups (broad SMARTS) is 1. The number of carboxylic acids is 1. The Morgan fingerprint density at radius 2 is 2.00 bits per heavy atom. The molecule has 1 aliphatic rings. The van der Waals surface area contributed by atoms with Gasteiger partial charge in [-0.3, -0.25) is 9.48 Å². The van der Waals surface area contributed by atoms with Gasteiger partial charge < -0.3 is 14.7 Å². The highest BCUT2D eigenvalue weighted by molar-refractivity contribution is 5.81. The van der Waals surface area contributed by atoms with Crippen LogP contribution < -0.4 is 0 Å². The number of amides is 1. The summed E-state index contributed by atoms with van der Waals surface area (Å²) in [5.74, 6) is -0.633. The quantitative estimate of drug-likeness (QED) is 0.878. The lowest BCUT2D eigenvalue weighted by molar-refractivity contribution is -0.166. The largest absolute Gasteiger partial charge is 0.479 e. The van der Waals surface area contributed by atoms with E-state index < -0.39 is 12.1 Å². The minimum atomic E-state index is -1.03. The molecule has 7 nitrogen and oxygen atoms in total. The Hall–Kier alpha value is -1.89. The van der Waals surface area contributed by atoms with Gasteiger partial charge in [-0.15, -0.1) is 0 Å². The zero-order valence-corrected chi connectivity index (χ0v) is 15.1. The number of carbonyl (C=O) groups excluding carboxylic acids is 1. The molecule has 1 amide bonds. The number of carbonyl (C=O) groups is 2. The summed E-state index contributed by atoms with van der Waals surface area (Å²) in [6.45, 7) is 11.3. The van der Waals surface area contributed by atoms with E-state index in [4.69, 9.17) is 9.84 Å². The molecule has 0 aromatic carbocycles. The van der Waals surface area contributed by atoms with Crippen molar-refractivity contribution in [3.63, 3.8) is 0 Å². The first-order chi connectivity index (χ1) is 11.2. The van der Waals surface area contributed by atoms with Crippen molar-refractivity contribution in [3.05, 3.63) is 17.0 Å². The molecule has 134 valence electrons. The summed E-state index contributed by atoms with van der Waals surface area (Å²) in [5.41, 5.74) is 2.80. The van der Waals surface area contributed by atoms with E-state index in [1.54, 1.807) is 11.8 Å². The van der Waals surface area contributed by atoms with E-state index in [1.807, 2.05) is 18.5 Å². The first-order valence-electron chi connectivity index (χ1n) is 8.38. The van der Waals surface area contributed by atoms with Gasteiger partial charge in [0.2, 0.25) is 5.91 Å². The first kappa shape index (κ1) is 18.4. The van der Waals surface area contributed by atoms with Crippen molar-refractivity contribution in [1.29, 1.82) is 0 Å². The molecular weight excluding hydrogens is 310 g/mol. The molecule has 0 spiro atoms. The summed E-state index contributed by atoms with van der Waals surface area (Å²) in [6.07, 6.45) is -0.993. The van der Waals surface area contributed by atoms with E-state index in [2.05, 4.69) is 18.9 Å². The van der Waals surface area contributed by atoms with Gasteiger partial charge in [0.05, 0.1) is 24.8 Å². The van der Waals surface area contributed by atoms with Crippen molar-refractivity contribution in [2.75, 3.05) is 13.1 Å². The normalized spacial score (nSPS) is 21.3. The van der Waals surface area contributed by atoms with Crippen molar-refractivity contribution in [1.82, 2.24) is 14.7 Å². The Bertz CT molecular complexity index is 624. The molecule has 2 rings (SSSR count). The molecule has 1 aliphatic heterocycles. The number of aryl methyl sites for hydroxylation is 1. The molecule has 24 heavy (non-hydrogen) atoms. The second-order valence-corrected chi connectivity index (χ2v) is 6.97. The molecule has 1 aromatic heterocycles. The lowest BCUT2D eigenvalue weighted by Gasteiger charge is -2.35. The Balaban J connectivity index is 2.12. The van der Waals surface area contributed by atoms with E-state index in [0.717, 1.165) is 23.5 Å². The molecule has 2 atom stereocenters. The van der Waals surface area contributed by atoms with Crippen LogP contribution >= 0.6 is 0 Å². The molecule has 0 saturated carbocycles. The molecule has 7 heteroatoms. The molecule has 1 fully saturated rings. The van der Waals surface area contributed by atoms with Crippen LogP contribution in [0, 0.1) is 19.8 Å².